The summed E-state index contributed by atoms with van der Waals surface area (Å²) in [4.78, 5) is 0. The summed E-state index contributed by atoms with van der Waals surface area (Å²) >= 11 is 9.68. The summed E-state index contributed by atoms with van der Waals surface area (Å²) in [6.07, 6.45) is 0. The standard InChI is InChI=1S/C24H24BrClFNO2/c1-3-29-23-13-17(14-28-16(2)18-8-5-4-6-9-18)12-20(25)24(23)30-15-19-21(26)10-7-11-22(19)27/h4-13,16,28H,3,14-15H2,1-2H3. The van der Waals surface area contributed by atoms with Gasteiger partial charge in [0.2, 0.25) is 0 Å². The normalized spacial score (nSPS) is 11.9. The Labute approximate surface area is 190 Å². The van der Waals surface area contributed by atoms with E-state index < -0.39 is 5.82 Å². The van der Waals surface area contributed by atoms with Crippen LogP contribution in [0.4, 0.5) is 4.39 Å². The van der Waals surface area contributed by atoms with Crippen LogP contribution in [0.5, 0.6) is 11.5 Å². The Bertz CT molecular complexity index is 964. The van der Waals surface area contributed by atoms with E-state index in [1.54, 1.807) is 12.1 Å². The van der Waals surface area contributed by atoms with Gasteiger partial charge in [-0.25, -0.2) is 4.39 Å². The first-order valence-electron chi connectivity index (χ1n) is 9.78. The molecule has 30 heavy (non-hydrogen) atoms. The van der Waals surface area contributed by atoms with Crippen LogP contribution < -0.4 is 14.8 Å². The molecular formula is C24H24BrClFNO2. The Kier molecular flexibility index (Phi) is 8.14. The van der Waals surface area contributed by atoms with E-state index in [0.717, 1.165) is 10.0 Å². The van der Waals surface area contributed by atoms with Gasteiger partial charge in [0.05, 0.1) is 16.1 Å². The molecule has 158 valence electrons. The third kappa shape index (κ3) is 5.75. The molecule has 3 aromatic rings. The maximum atomic E-state index is 14.1. The topological polar surface area (TPSA) is 30.5 Å². The van der Waals surface area contributed by atoms with Gasteiger partial charge in [-0.3, -0.25) is 0 Å². The van der Waals surface area contributed by atoms with Crippen molar-refractivity contribution in [3.8, 4) is 11.5 Å². The molecule has 0 radical (unpaired) electrons. The van der Waals surface area contributed by atoms with Crippen molar-refractivity contribution in [3.05, 3.63) is 92.7 Å². The molecule has 0 aromatic heterocycles. The molecule has 0 amide bonds. The summed E-state index contributed by atoms with van der Waals surface area (Å²) < 4.78 is 26.5. The highest BCUT2D eigenvalue weighted by Crippen LogP contribution is 2.38. The lowest BCUT2D eigenvalue weighted by Gasteiger charge is -2.18. The summed E-state index contributed by atoms with van der Waals surface area (Å²) in [7, 11) is 0. The molecule has 0 aliphatic heterocycles. The van der Waals surface area contributed by atoms with E-state index in [4.69, 9.17) is 21.1 Å². The first kappa shape index (κ1) is 22.6. The third-order valence-electron chi connectivity index (χ3n) is 4.70. The number of hydrogen-bond donors (Lipinski definition) is 1. The van der Waals surface area contributed by atoms with Gasteiger partial charge in [-0.05, 0) is 65.2 Å². The molecule has 3 aromatic carbocycles. The van der Waals surface area contributed by atoms with Gasteiger partial charge in [-0.1, -0.05) is 48.0 Å². The summed E-state index contributed by atoms with van der Waals surface area (Å²) in [5.41, 5.74) is 2.59. The average molecular weight is 493 g/mol. The van der Waals surface area contributed by atoms with E-state index in [1.807, 2.05) is 37.3 Å². The SMILES string of the molecule is CCOc1cc(CNC(C)c2ccccc2)cc(Br)c1OCc1c(F)cccc1Cl. The van der Waals surface area contributed by atoms with Gasteiger partial charge in [0.25, 0.3) is 0 Å². The predicted octanol–water partition coefficient (Wildman–Crippen LogP) is 7.07. The lowest BCUT2D eigenvalue weighted by atomic mass is 10.1. The third-order valence-corrected chi connectivity index (χ3v) is 5.65. The molecule has 0 fully saturated rings. The van der Waals surface area contributed by atoms with Crippen molar-refractivity contribution in [3.63, 3.8) is 0 Å². The first-order valence-corrected chi connectivity index (χ1v) is 11.0. The van der Waals surface area contributed by atoms with Crippen LogP contribution in [0.3, 0.4) is 0 Å². The Morgan fingerprint density at radius 1 is 1.07 bits per heavy atom. The molecule has 0 aliphatic carbocycles. The zero-order valence-corrected chi connectivity index (χ0v) is 19.3. The van der Waals surface area contributed by atoms with Gasteiger partial charge in [0.15, 0.2) is 11.5 Å². The average Bonchev–Trinajstić information content (AvgIpc) is 2.74. The van der Waals surface area contributed by atoms with E-state index in [0.29, 0.717) is 35.2 Å². The van der Waals surface area contributed by atoms with E-state index in [-0.39, 0.29) is 12.6 Å². The van der Waals surface area contributed by atoms with Crippen LogP contribution in [-0.4, -0.2) is 6.61 Å². The number of hydrogen-bond acceptors (Lipinski definition) is 3. The van der Waals surface area contributed by atoms with E-state index in [2.05, 4.69) is 40.3 Å². The molecule has 3 rings (SSSR count). The van der Waals surface area contributed by atoms with Crippen molar-refractivity contribution in [2.45, 2.75) is 33.0 Å². The molecule has 0 saturated carbocycles. The van der Waals surface area contributed by atoms with Crippen molar-refractivity contribution in [1.29, 1.82) is 0 Å². The Morgan fingerprint density at radius 3 is 2.53 bits per heavy atom. The minimum absolute atomic E-state index is 0.00676. The quantitative estimate of drug-likeness (QED) is 0.346. The molecule has 1 unspecified atom stereocenters. The monoisotopic (exact) mass is 491 g/mol. The molecule has 0 bridgehead atoms. The second kappa shape index (κ2) is 10.8. The lowest BCUT2D eigenvalue weighted by Crippen LogP contribution is -2.18. The summed E-state index contributed by atoms with van der Waals surface area (Å²) in [5.74, 6) is 0.729. The van der Waals surface area contributed by atoms with Crippen molar-refractivity contribution in [2.75, 3.05) is 6.61 Å². The van der Waals surface area contributed by atoms with Crippen LogP contribution in [0, 0.1) is 5.82 Å². The smallest absolute Gasteiger partial charge is 0.175 e. The van der Waals surface area contributed by atoms with E-state index >= 15 is 0 Å². The highest BCUT2D eigenvalue weighted by molar-refractivity contribution is 9.10. The minimum atomic E-state index is -0.396. The maximum Gasteiger partial charge on any atom is 0.175 e. The van der Waals surface area contributed by atoms with Crippen LogP contribution in [0.2, 0.25) is 5.02 Å². The molecule has 0 saturated heterocycles. The van der Waals surface area contributed by atoms with Gasteiger partial charge in [-0.15, -0.1) is 0 Å². The molecule has 0 heterocycles. The van der Waals surface area contributed by atoms with Gasteiger partial charge in [0, 0.05) is 18.2 Å². The zero-order valence-electron chi connectivity index (χ0n) is 16.9. The second-order valence-electron chi connectivity index (χ2n) is 6.84. The molecule has 0 spiro atoms. The van der Waals surface area contributed by atoms with Crippen LogP contribution in [0.1, 0.15) is 36.6 Å². The molecule has 1 atom stereocenters. The van der Waals surface area contributed by atoms with Crippen LogP contribution in [-0.2, 0) is 13.2 Å². The van der Waals surface area contributed by atoms with Crippen molar-refractivity contribution in [2.24, 2.45) is 0 Å². The number of ether oxygens (including phenoxy) is 2. The highest BCUT2D eigenvalue weighted by Gasteiger charge is 2.15. The van der Waals surface area contributed by atoms with E-state index in [1.165, 1.54) is 11.6 Å². The highest BCUT2D eigenvalue weighted by atomic mass is 79.9. The van der Waals surface area contributed by atoms with Gasteiger partial charge < -0.3 is 14.8 Å². The Balaban J connectivity index is 1.75. The van der Waals surface area contributed by atoms with Crippen molar-refractivity contribution in [1.82, 2.24) is 5.32 Å². The Morgan fingerprint density at radius 2 is 1.83 bits per heavy atom. The fourth-order valence-electron chi connectivity index (χ4n) is 3.07. The van der Waals surface area contributed by atoms with Gasteiger partial charge in [0.1, 0.15) is 12.4 Å². The fraction of sp³-hybridized carbons (Fsp3) is 0.250. The largest absolute Gasteiger partial charge is 0.490 e. The van der Waals surface area contributed by atoms with Gasteiger partial charge in [-0.2, -0.15) is 0 Å². The Hall–Kier alpha value is -2.08. The molecule has 0 aliphatic rings. The second-order valence-corrected chi connectivity index (χ2v) is 8.10. The molecular weight excluding hydrogens is 469 g/mol. The summed E-state index contributed by atoms with van der Waals surface area (Å²) in [6, 6.07) is 19.0. The van der Waals surface area contributed by atoms with Crippen LogP contribution >= 0.6 is 27.5 Å². The number of halogens is 3. The summed E-state index contributed by atoms with van der Waals surface area (Å²) in [6.45, 7) is 5.19. The minimum Gasteiger partial charge on any atom is -0.490 e. The molecule has 3 nitrogen and oxygen atoms in total. The molecule has 1 N–H and O–H groups in total. The van der Waals surface area contributed by atoms with E-state index in [9.17, 15) is 4.39 Å². The fourth-order valence-corrected chi connectivity index (χ4v) is 3.89. The molecule has 6 heteroatoms. The number of nitrogens with one attached hydrogen (secondary N) is 1. The predicted molar refractivity (Wildman–Crippen MR) is 123 cm³/mol. The van der Waals surface area contributed by atoms with Crippen LogP contribution in [0.25, 0.3) is 0 Å². The van der Waals surface area contributed by atoms with Crippen LogP contribution in [0.15, 0.2) is 65.1 Å². The maximum absolute atomic E-state index is 14.1. The number of rotatable bonds is 9. The number of benzene rings is 3. The van der Waals surface area contributed by atoms with Crippen molar-refractivity contribution >= 4 is 27.5 Å². The lowest BCUT2D eigenvalue weighted by molar-refractivity contribution is 0.264. The zero-order chi connectivity index (χ0) is 21.5. The van der Waals surface area contributed by atoms with Crippen molar-refractivity contribution < 1.29 is 13.9 Å². The summed E-state index contributed by atoms with van der Waals surface area (Å²) in [5, 5.41) is 3.85. The first-order chi connectivity index (χ1) is 14.5. The van der Waals surface area contributed by atoms with Gasteiger partial charge >= 0.3 is 0 Å².